The number of phosphoric acid groups is 1. The van der Waals surface area contributed by atoms with Crippen molar-refractivity contribution in [3.8, 4) is 0 Å². The quantitative estimate of drug-likeness (QED) is 0.0234. The van der Waals surface area contributed by atoms with E-state index < -0.39 is 51.8 Å². The number of carbonyl (C=O) groups excluding carboxylic acids is 2. The molecule has 0 saturated carbocycles. The minimum absolute atomic E-state index is 0.190. The number of rotatable bonds is 48. The number of carbonyl (C=O) groups is 2. The molecule has 0 aliphatic rings. The number of aliphatic hydroxyl groups is 2. The number of ether oxygens (including phenoxy) is 2. The second kappa shape index (κ2) is 44.8. The largest absolute Gasteiger partial charge is 0.472 e. The Balaban J connectivity index is 4.13. The van der Waals surface area contributed by atoms with Crippen molar-refractivity contribution in [2.75, 3.05) is 26.4 Å². The summed E-state index contributed by atoms with van der Waals surface area (Å²) >= 11 is 0. The molecule has 0 aromatic rings. The van der Waals surface area contributed by atoms with Gasteiger partial charge in [0.25, 0.3) is 0 Å². The normalized spacial score (nSPS) is 13.6. The fraction of sp³-hybridized carbons (Fsp3) is 0.917. The molecule has 0 aliphatic carbocycles. The minimum Gasteiger partial charge on any atom is -0.462 e. The van der Waals surface area contributed by atoms with E-state index in [1.54, 1.807) is 0 Å². The predicted molar refractivity (Wildman–Crippen MR) is 242 cm³/mol. The summed E-state index contributed by atoms with van der Waals surface area (Å²) in [6, 6.07) is 0. The number of esters is 2. The molecule has 0 aliphatic heterocycles. The second-order valence-corrected chi connectivity index (χ2v) is 18.4. The van der Waals surface area contributed by atoms with Crippen molar-refractivity contribution in [1.29, 1.82) is 0 Å². The van der Waals surface area contributed by atoms with Crippen LogP contribution in [0.5, 0.6) is 0 Å². The predicted octanol–water partition coefficient (Wildman–Crippen LogP) is 13.6. The zero-order valence-corrected chi connectivity index (χ0v) is 39.0. The van der Waals surface area contributed by atoms with Crippen LogP contribution in [-0.2, 0) is 32.7 Å². The van der Waals surface area contributed by atoms with Gasteiger partial charge in [-0.25, -0.2) is 4.57 Å². The van der Waals surface area contributed by atoms with E-state index in [1.165, 1.54) is 167 Å². The van der Waals surface area contributed by atoms with E-state index in [2.05, 4.69) is 13.5 Å². The van der Waals surface area contributed by atoms with Crippen LogP contribution in [0.2, 0.25) is 0 Å². The molecule has 10 nitrogen and oxygen atoms in total. The van der Waals surface area contributed by atoms with E-state index in [4.69, 9.17) is 23.6 Å². The fourth-order valence-electron chi connectivity index (χ4n) is 7.27. The molecule has 0 aromatic heterocycles. The van der Waals surface area contributed by atoms with Crippen molar-refractivity contribution in [2.24, 2.45) is 0 Å². The van der Waals surface area contributed by atoms with Crippen molar-refractivity contribution in [3.63, 3.8) is 0 Å². The third kappa shape index (κ3) is 44.6. The third-order valence-electron chi connectivity index (χ3n) is 11.1. The van der Waals surface area contributed by atoms with Crippen molar-refractivity contribution in [3.05, 3.63) is 12.7 Å². The Kier molecular flexibility index (Phi) is 43.8. The molecule has 3 atom stereocenters. The molecule has 350 valence electrons. The van der Waals surface area contributed by atoms with Crippen LogP contribution in [0.1, 0.15) is 244 Å². The molecule has 0 saturated heterocycles. The highest BCUT2D eigenvalue weighted by Gasteiger charge is 2.27. The monoisotopic (exact) mass is 861 g/mol. The summed E-state index contributed by atoms with van der Waals surface area (Å²) in [4.78, 5) is 35.1. The van der Waals surface area contributed by atoms with Crippen molar-refractivity contribution in [1.82, 2.24) is 0 Å². The van der Waals surface area contributed by atoms with E-state index in [1.807, 2.05) is 6.08 Å². The Morgan fingerprint density at radius 2 is 0.864 bits per heavy atom. The molecule has 0 heterocycles. The maximum Gasteiger partial charge on any atom is 0.472 e. The second-order valence-electron chi connectivity index (χ2n) is 16.9. The smallest absolute Gasteiger partial charge is 0.462 e. The maximum atomic E-state index is 12.7. The molecule has 0 amide bonds. The van der Waals surface area contributed by atoms with Gasteiger partial charge in [-0.05, 0) is 25.7 Å². The summed E-state index contributed by atoms with van der Waals surface area (Å²) in [5, 5.41) is 18.4. The highest BCUT2D eigenvalue weighted by Crippen LogP contribution is 2.43. The van der Waals surface area contributed by atoms with E-state index in [9.17, 15) is 24.2 Å². The molecular weight excluding hydrogens is 767 g/mol. The van der Waals surface area contributed by atoms with Gasteiger partial charge < -0.3 is 24.6 Å². The van der Waals surface area contributed by atoms with Crippen LogP contribution in [-0.4, -0.2) is 65.7 Å². The lowest BCUT2D eigenvalue weighted by molar-refractivity contribution is -0.161. The van der Waals surface area contributed by atoms with Gasteiger partial charge in [-0.15, -0.1) is 6.58 Å². The van der Waals surface area contributed by atoms with Crippen LogP contribution < -0.4 is 0 Å². The average molecular weight is 861 g/mol. The lowest BCUT2D eigenvalue weighted by Crippen LogP contribution is -2.29. The number of unbranched alkanes of at least 4 members (excludes halogenated alkanes) is 33. The van der Waals surface area contributed by atoms with Crippen LogP contribution >= 0.6 is 7.82 Å². The zero-order valence-electron chi connectivity index (χ0n) is 38.1. The Hall–Kier alpha value is -1.29. The number of hydrogen-bond donors (Lipinski definition) is 3. The van der Waals surface area contributed by atoms with Crippen LogP contribution in [0.3, 0.4) is 0 Å². The van der Waals surface area contributed by atoms with E-state index in [0.717, 1.165) is 44.9 Å². The van der Waals surface area contributed by atoms with Gasteiger partial charge in [0.05, 0.1) is 19.8 Å². The summed E-state index contributed by atoms with van der Waals surface area (Å²) < 4.78 is 32.8. The van der Waals surface area contributed by atoms with E-state index >= 15 is 0 Å². The van der Waals surface area contributed by atoms with Gasteiger partial charge in [0.15, 0.2) is 6.10 Å². The highest BCUT2D eigenvalue weighted by molar-refractivity contribution is 7.47. The van der Waals surface area contributed by atoms with Crippen LogP contribution in [0.25, 0.3) is 0 Å². The van der Waals surface area contributed by atoms with Crippen molar-refractivity contribution < 1.29 is 47.8 Å². The molecule has 0 radical (unpaired) electrons. The van der Waals surface area contributed by atoms with Gasteiger partial charge in [0, 0.05) is 12.8 Å². The number of hydrogen-bond acceptors (Lipinski definition) is 9. The van der Waals surface area contributed by atoms with Gasteiger partial charge in [0.1, 0.15) is 12.7 Å². The molecular formula is C48H93O10P. The summed E-state index contributed by atoms with van der Waals surface area (Å²) in [6.45, 7) is 3.95. The van der Waals surface area contributed by atoms with Gasteiger partial charge in [0.2, 0.25) is 0 Å². The molecule has 0 bridgehead atoms. The third-order valence-corrected chi connectivity index (χ3v) is 12.0. The summed E-state index contributed by atoms with van der Waals surface area (Å²) in [5.41, 5.74) is 0. The van der Waals surface area contributed by atoms with Gasteiger partial charge in [-0.3, -0.25) is 18.6 Å². The first-order valence-corrected chi connectivity index (χ1v) is 26.1. The Morgan fingerprint density at radius 1 is 0.525 bits per heavy atom. The maximum absolute atomic E-state index is 12.7. The molecule has 3 N–H and O–H groups in total. The summed E-state index contributed by atoms with van der Waals surface area (Å²) in [6.07, 6.45) is 43.6. The van der Waals surface area contributed by atoms with Gasteiger partial charge in [-0.2, -0.15) is 0 Å². The summed E-state index contributed by atoms with van der Waals surface area (Å²) in [7, 11) is -4.62. The van der Waals surface area contributed by atoms with E-state index in [0.29, 0.717) is 12.8 Å². The van der Waals surface area contributed by atoms with Crippen LogP contribution in [0.15, 0.2) is 12.7 Å². The fourth-order valence-corrected chi connectivity index (χ4v) is 8.06. The minimum atomic E-state index is -4.62. The topological polar surface area (TPSA) is 149 Å². The lowest BCUT2D eigenvalue weighted by Gasteiger charge is -2.20. The van der Waals surface area contributed by atoms with Gasteiger partial charge in [-0.1, -0.05) is 212 Å². The first-order valence-electron chi connectivity index (χ1n) is 24.6. The first-order chi connectivity index (χ1) is 28.7. The Morgan fingerprint density at radius 3 is 1.24 bits per heavy atom. The molecule has 0 spiro atoms. The molecule has 0 rings (SSSR count). The number of allylic oxidation sites excluding steroid dienone is 1. The first kappa shape index (κ1) is 57.7. The van der Waals surface area contributed by atoms with E-state index in [-0.39, 0.29) is 19.4 Å². The van der Waals surface area contributed by atoms with Crippen molar-refractivity contribution >= 4 is 19.8 Å². The molecule has 1 unspecified atom stereocenters. The number of aliphatic hydroxyl groups excluding tert-OH is 2. The lowest BCUT2D eigenvalue weighted by atomic mass is 10.0. The average Bonchev–Trinajstić information content (AvgIpc) is 3.22. The Bertz CT molecular complexity index is 979. The van der Waals surface area contributed by atoms with Crippen LogP contribution in [0.4, 0.5) is 0 Å². The Labute approximate surface area is 362 Å². The van der Waals surface area contributed by atoms with Gasteiger partial charge >= 0.3 is 19.8 Å². The zero-order chi connectivity index (χ0) is 43.3. The SMILES string of the molecule is C=CCCCCCCCCCCCCCCCC(=O)OC[C@H](COP(=O)(O)OC[C@@H](O)CO)OC(=O)CCCCCCCCCCCCCCCCCCCCCCC. The number of phosphoric ester groups is 1. The van der Waals surface area contributed by atoms with Crippen molar-refractivity contribution in [2.45, 2.75) is 257 Å². The summed E-state index contributed by atoms with van der Waals surface area (Å²) in [5.74, 6) is -0.912. The molecule has 0 fully saturated rings. The molecule has 0 aromatic carbocycles. The van der Waals surface area contributed by atoms with Crippen LogP contribution in [0, 0.1) is 0 Å². The molecule has 11 heteroatoms. The molecule has 59 heavy (non-hydrogen) atoms. The highest BCUT2D eigenvalue weighted by atomic mass is 31.2. The standard InChI is InChI=1S/C48H93O10P/c1-3-5-7-9-11-13-15-17-19-20-21-22-23-24-26-28-30-32-34-36-38-40-48(52)58-46(44-57-59(53,54)56-42-45(50)41-49)43-55-47(51)39-37-35-33-31-29-27-25-18-16-14-12-10-8-6-4-2/h4,45-46,49-50H,2-3,5-44H2,1H3,(H,53,54)/t45-,46+/m0/s1.